The maximum atomic E-state index is 12.4. The van der Waals surface area contributed by atoms with Gasteiger partial charge >= 0.3 is 5.97 Å². The van der Waals surface area contributed by atoms with Crippen molar-refractivity contribution < 1.29 is 14.3 Å². The lowest BCUT2D eigenvalue weighted by molar-refractivity contribution is -0.148. The Kier molecular flexibility index (Phi) is 4.05. The van der Waals surface area contributed by atoms with Crippen molar-refractivity contribution in [2.45, 2.75) is 18.3 Å². The molecule has 2 aromatic carbocycles. The number of ether oxygens (including phenoxy) is 1. The van der Waals surface area contributed by atoms with Gasteiger partial charge in [0.05, 0.1) is 7.11 Å². The molecule has 1 fully saturated rings. The summed E-state index contributed by atoms with van der Waals surface area (Å²) in [4.78, 5) is 24.6. The van der Waals surface area contributed by atoms with Crippen LogP contribution in [-0.4, -0.2) is 18.9 Å². The molecule has 2 aromatic rings. The maximum Gasteiger partial charge on any atom is 0.316 e. The van der Waals surface area contributed by atoms with Crippen LogP contribution in [0, 0.1) is 5.92 Å². The number of rotatable bonds is 3. The molecule has 0 saturated heterocycles. The van der Waals surface area contributed by atoms with E-state index in [1.807, 2.05) is 60.7 Å². The molecule has 3 rings (SSSR count). The molecule has 1 aliphatic rings. The Morgan fingerprint density at radius 2 is 1.50 bits per heavy atom. The number of benzene rings is 2. The second kappa shape index (κ2) is 6.14. The maximum absolute atomic E-state index is 12.4. The van der Waals surface area contributed by atoms with Crippen molar-refractivity contribution in [3.05, 3.63) is 71.8 Å². The molecule has 3 unspecified atom stereocenters. The molecule has 0 spiro atoms. The Morgan fingerprint density at radius 3 is 2.05 bits per heavy atom. The van der Waals surface area contributed by atoms with Gasteiger partial charge in [-0.2, -0.15) is 0 Å². The highest BCUT2D eigenvalue weighted by molar-refractivity contribution is 6.02. The third kappa shape index (κ3) is 2.54. The van der Waals surface area contributed by atoms with Gasteiger partial charge in [-0.3, -0.25) is 9.59 Å². The van der Waals surface area contributed by atoms with Gasteiger partial charge in [0, 0.05) is 12.3 Å². The van der Waals surface area contributed by atoms with E-state index in [9.17, 15) is 9.59 Å². The molecule has 3 nitrogen and oxygen atoms in total. The minimum absolute atomic E-state index is 0.0141. The van der Waals surface area contributed by atoms with Crippen LogP contribution in [0.5, 0.6) is 0 Å². The summed E-state index contributed by atoms with van der Waals surface area (Å²) < 4.78 is 4.88. The summed E-state index contributed by atoms with van der Waals surface area (Å²) in [6.07, 6.45) is 0.378. The molecule has 112 valence electrons. The van der Waals surface area contributed by atoms with Crippen LogP contribution in [0.2, 0.25) is 0 Å². The predicted molar refractivity (Wildman–Crippen MR) is 83.5 cm³/mol. The Morgan fingerprint density at radius 1 is 0.955 bits per heavy atom. The molecule has 0 bridgehead atoms. The van der Waals surface area contributed by atoms with Crippen LogP contribution in [0.15, 0.2) is 60.7 Å². The first-order valence-corrected chi connectivity index (χ1v) is 7.43. The van der Waals surface area contributed by atoms with E-state index in [1.54, 1.807) is 0 Å². The molecule has 3 atom stereocenters. The third-order valence-electron chi connectivity index (χ3n) is 4.43. The molecule has 3 heteroatoms. The molecular weight excluding hydrogens is 276 g/mol. The lowest BCUT2D eigenvalue weighted by Crippen LogP contribution is -2.26. The van der Waals surface area contributed by atoms with Gasteiger partial charge in [-0.15, -0.1) is 0 Å². The van der Waals surface area contributed by atoms with Crippen molar-refractivity contribution in [3.63, 3.8) is 0 Å². The molecule has 1 saturated carbocycles. The molecular formula is C19H18O3. The summed E-state index contributed by atoms with van der Waals surface area (Å²) in [6, 6.07) is 19.7. The summed E-state index contributed by atoms with van der Waals surface area (Å²) in [7, 11) is 1.34. The second-order valence-electron chi connectivity index (χ2n) is 5.62. The number of ketones is 1. The number of esters is 1. The molecule has 0 radical (unpaired) electrons. The van der Waals surface area contributed by atoms with Crippen molar-refractivity contribution in [1.82, 2.24) is 0 Å². The Hall–Kier alpha value is -2.42. The van der Waals surface area contributed by atoms with Crippen LogP contribution in [-0.2, 0) is 14.3 Å². The lowest BCUT2D eigenvalue weighted by Gasteiger charge is -2.23. The minimum atomic E-state index is -0.711. The molecule has 1 aliphatic carbocycles. The SMILES string of the molecule is COC(=O)C1C(=O)CC(c2ccccc2)C1c1ccccc1. The van der Waals surface area contributed by atoms with Crippen molar-refractivity contribution in [1.29, 1.82) is 0 Å². The second-order valence-corrected chi connectivity index (χ2v) is 5.62. The average Bonchev–Trinajstić information content (AvgIpc) is 2.93. The molecule has 0 amide bonds. The van der Waals surface area contributed by atoms with Gasteiger partial charge in [0.25, 0.3) is 0 Å². The smallest absolute Gasteiger partial charge is 0.316 e. The highest BCUT2D eigenvalue weighted by atomic mass is 16.5. The van der Waals surface area contributed by atoms with Gasteiger partial charge in [-0.25, -0.2) is 0 Å². The van der Waals surface area contributed by atoms with Gasteiger partial charge in [0.2, 0.25) is 0 Å². The number of carbonyl (C=O) groups excluding carboxylic acids is 2. The topological polar surface area (TPSA) is 43.4 Å². The van der Waals surface area contributed by atoms with Crippen molar-refractivity contribution >= 4 is 11.8 Å². The largest absolute Gasteiger partial charge is 0.468 e. The first-order chi connectivity index (χ1) is 10.7. The molecule has 0 heterocycles. The zero-order chi connectivity index (χ0) is 15.5. The quantitative estimate of drug-likeness (QED) is 0.644. The van der Waals surface area contributed by atoms with Crippen LogP contribution < -0.4 is 0 Å². The molecule has 22 heavy (non-hydrogen) atoms. The fourth-order valence-electron chi connectivity index (χ4n) is 3.43. The van der Waals surface area contributed by atoms with Crippen molar-refractivity contribution in [2.24, 2.45) is 5.92 Å². The van der Waals surface area contributed by atoms with Crippen molar-refractivity contribution in [2.75, 3.05) is 7.11 Å². The summed E-state index contributed by atoms with van der Waals surface area (Å²) in [6.45, 7) is 0. The average molecular weight is 294 g/mol. The van der Waals surface area contributed by atoms with Gasteiger partial charge in [0.15, 0.2) is 0 Å². The fraction of sp³-hybridized carbons (Fsp3) is 0.263. The monoisotopic (exact) mass is 294 g/mol. The molecule has 0 aliphatic heterocycles. The van der Waals surface area contributed by atoms with E-state index in [0.717, 1.165) is 11.1 Å². The van der Waals surface area contributed by atoms with E-state index in [4.69, 9.17) is 4.74 Å². The summed E-state index contributed by atoms with van der Waals surface area (Å²) in [5, 5.41) is 0. The van der Waals surface area contributed by atoms with E-state index in [0.29, 0.717) is 6.42 Å². The summed E-state index contributed by atoms with van der Waals surface area (Å²) >= 11 is 0. The van der Waals surface area contributed by atoms with E-state index >= 15 is 0 Å². The standard InChI is InChI=1S/C19H18O3/c1-22-19(21)18-16(20)12-15(13-8-4-2-5-9-13)17(18)14-10-6-3-7-11-14/h2-11,15,17-18H,12H2,1H3. The zero-order valence-electron chi connectivity index (χ0n) is 12.4. The van der Waals surface area contributed by atoms with Crippen LogP contribution in [0.1, 0.15) is 29.4 Å². The van der Waals surface area contributed by atoms with Gasteiger partial charge < -0.3 is 4.74 Å². The summed E-state index contributed by atoms with van der Waals surface area (Å²) in [5.74, 6) is -1.33. The van der Waals surface area contributed by atoms with E-state index in [-0.39, 0.29) is 17.6 Å². The number of carbonyl (C=O) groups is 2. The fourth-order valence-corrected chi connectivity index (χ4v) is 3.43. The van der Waals surface area contributed by atoms with Gasteiger partial charge in [0.1, 0.15) is 11.7 Å². The highest BCUT2D eigenvalue weighted by Crippen LogP contribution is 2.48. The Labute approximate surface area is 129 Å². The normalized spacial score (nSPS) is 24.2. The minimum Gasteiger partial charge on any atom is -0.468 e. The third-order valence-corrected chi connectivity index (χ3v) is 4.43. The molecule has 0 N–H and O–H groups in total. The van der Waals surface area contributed by atoms with E-state index in [2.05, 4.69) is 0 Å². The van der Waals surface area contributed by atoms with Gasteiger partial charge in [-0.05, 0) is 17.0 Å². The molecule has 0 aromatic heterocycles. The lowest BCUT2D eigenvalue weighted by atomic mass is 9.80. The number of Topliss-reactive ketones (excluding diaryl/α,β-unsaturated/α-hetero) is 1. The first-order valence-electron chi connectivity index (χ1n) is 7.43. The van der Waals surface area contributed by atoms with Crippen LogP contribution >= 0.6 is 0 Å². The number of hydrogen-bond acceptors (Lipinski definition) is 3. The number of methoxy groups -OCH3 is 1. The first kappa shape index (κ1) is 14.5. The highest BCUT2D eigenvalue weighted by Gasteiger charge is 2.48. The van der Waals surface area contributed by atoms with E-state index in [1.165, 1.54) is 7.11 Å². The van der Waals surface area contributed by atoms with Gasteiger partial charge in [-0.1, -0.05) is 60.7 Å². The van der Waals surface area contributed by atoms with E-state index < -0.39 is 11.9 Å². The predicted octanol–water partition coefficient (Wildman–Crippen LogP) is 3.32. The van der Waals surface area contributed by atoms with Crippen LogP contribution in [0.25, 0.3) is 0 Å². The summed E-state index contributed by atoms with van der Waals surface area (Å²) in [5.41, 5.74) is 2.11. The van der Waals surface area contributed by atoms with Crippen LogP contribution in [0.3, 0.4) is 0 Å². The van der Waals surface area contributed by atoms with Crippen LogP contribution in [0.4, 0.5) is 0 Å². The Balaban J connectivity index is 2.06. The number of hydrogen-bond donors (Lipinski definition) is 0. The zero-order valence-corrected chi connectivity index (χ0v) is 12.4. The Bertz CT molecular complexity index is 664. The van der Waals surface area contributed by atoms with Crippen molar-refractivity contribution in [3.8, 4) is 0 Å².